The maximum Gasteiger partial charge on any atom is 0.237 e. The van der Waals surface area contributed by atoms with Crippen molar-refractivity contribution in [1.29, 1.82) is 0 Å². The fourth-order valence-corrected chi connectivity index (χ4v) is 2.79. The van der Waals surface area contributed by atoms with Crippen molar-refractivity contribution in [2.24, 2.45) is 0 Å². The van der Waals surface area contributed by atoms with Crippen molar-refractivity contribution >= 4 is 35.0 Å². The molecule has 0 radical (unpaired) electrons. The Morgan fingerprint density at radius 3 is 2.52 bits per heavy atom. The van der Waals surface area contributed by atoms with Crippen LogP contribution in [0.1, 0.15) is 13.8 Å². The average Bonchev–Trinajstić information content (AvgIpc) is 2.47. The fourth-order valence-electron chi connectivity index (χ4n) is 1.97. The molecule has 1 amide bonds. The summed E-state index contributed by atoms with van der Waals surface area (Å²) in [5.41, 5.74) is 0.919. The molecule has 0 aliphatic carbocycles. The molecule has 5 heteroatoms. The molecule has 3 nitrogen and oxygen atoms in total. The third-order valence-corrected chi connectivity index (χ3v) is 4.02. The normalized spacial score (nSPS) is 10.7. The van der Waals surface area contributed by atoms with Gasteiger partial charge in [-0.05, 0) is 38.1 Å². The molecule has 0 N–H and O–H groups in total. The summed E-state index contributed by atoms with van der Waals surface area (Å²) in [4.78, 5) is 18.5. The van der Waals surface area contributed by atoms with Gasteiger partial charge < -0.3 is 4.90 Å². The van der Waals surface area contributed by atoms with Gasteiger partial charge in [-0.1, -0.05) is 41.6 Å². The van der Waals surface area contributed by atoms with Gasteiger partial charge in [0.25, 0.3) is 0 Å². The highest BCUT2D eigenvalue weighted by molar-refractivity contribution is 7.99. The standard InChI is InChI=1S/C16H17ClN2OS/c1-12(2)19(14-6-4-3-5-7-14)16(20)11-21-15-9-8-13(17)10-18-15/h3-10,12H,11H2,1-2H3. The summed E-state index contributed by atoms with van der Waals surface area (Å²) in [6.07, 6.45) is 1.59. The third-order valence-electron chi connectivity index (χ3n) is 2.86. The zero-order valence-electron chi connectivity index (χ0n) is 12.0. The molecule has 21 heavy (non-hydrogen) atoms. The smallest absolute Gasteiger partial charge is 0.237 e. The van der Waals surface area contributed by atoms with Crippen LogP contribution >= 0.6 is 23.4 Å². The Hall–Kier alpha value is -1.52. The van der Waals surface area contributed by atoms with Crippen LogP contribution in [0.25, 0.3) is 0 Å². The number of carbonyl (C=O) groups excluding carboxylic acids is 1. The number of anilines is 1. The maximum atomic E-state index is 12.5. The molecule has 0 fully saturated rings. The Morgan fingerprint density at radius 2 is 1.95 bits per heavy atom. The molecule has 2 rings (SSSR count). The van der Waals surface area contributed by atoms with Crippen molar-refractivity contribution in [3.63, 3.8) is 0 Å². The molecule has 1 aromatic carbocycles. The lowest BCUT2D eigenvalue weighted by atomic mass is 10.2. The number of hydrogen-bond donors (Lipinski definition) is 0. The maximum absolute atomic E-state index is 12.5. The summed E-state index contributed by atoms with van der Waals surface area (Å²) in [5.74, 6) is 0.416. The van der Waals surface area contributed by atoms with Crippen molar-refractivity contribution < 1.29 is 4.79 Å². The molecule has 0 saturated carbocycles. The highest BCUT2D eigenvalue weighted by atomic mass is 35.5. The number of thioether (sulfide) groups is 1. The lowest BCUT2D eigenvalue weighted by Gasteiger charge is -2.26. The number of amides is 1. The first-order valence-electron chi connectivity index (χ1n) is 6.69. The Balaban J connectivity index is 2.04. The van der Waals surface area contributed by atoms with E-state index in [9.17, 15) is 4.79 Å². The van der Waals surface area contributed by atoms with E-state index in [1.807, 2.05) is 55.1 Å². The summed E-state index contributed by atoms with van der Waals surface area (Å²) >= 11 is 7.22. The predicted molar refractivity (Wildman–Crippen MR) is 89.0 cm³/mol. The molecule has 0 aliphatic heterocycles. The van der Waals surface area contributed by atoms with Gasteiger partial charge in [-0.15, -0.1) is 0 Å². The van der Waals surface area contributed by atoms with E-state index in [4.69, 9.17) is 11.6 Å². The summed E-state index contributed by atoms with van der Waals surface area (Å²) in [6.45, 7) is 4.02. The second-order valence-electron chi connectivity index (χ2n) is 4.80. The number of rotatable bonds is 5. The van der Waals surface area contributed by atoms with Crippen molar-refractivity contribution in [1.82, 2.24) is 4.98 Å². The van der Waals surface area contributed by atoms with Gasteiger partial charge in [-0.25, -0.2) is 4.98 Å². The van der Waals surface area contributed by atoms with Crippen molar-refractivity contribution in [2.75, 3.05) is 10.7 Å². The molecular formula is C16H17ClN2OS. The minimum Gasteiger partial charge on any atom is -0.309 e. The average molecular weight is 321 g/mol. The molecule has 0 atom stereocenters. The molecule has 0 unspecified atom stereocenters. The van der Waals surface area contributed by atoms with E-state index in [1.54, 1.807) is 12.3 Å². The van der Waals surface area contributed by atoms with Crippen molar-refractivity contribution in [3.05, 3.63) is 53.7 Å². The summed E-state index contributed by atoms with van der Waals surface area (Å²) in [5, 5.41) is 1.39. The van der Waals surface area contributed by atoms with Gasteiger partial charge in [0.1, 0.15) is 0 Å². The van der Waals surface area contributed by atoms with Crippen LogP contribution in [0.2, 0.25) is 5.02 Å². The van der Waals surface area contributed by atoms with E-state index < -0.39 is 0 Å². The van der Waals surface area contributed by atoms with Gasteiger partial charge in [0.2, 0.25) is 5.91 Å². The summed E-state index contributed by atoms with van der Waals surface area (Å²) in [7, 11) is 0. The van der Waals surface area contributed by atoms with Gasteiger partial charge in [0.15, 0.2) is 0 Å². The number of aromatic nitrogens is 1. The van der Waals surface area contributed by atoms with E-state index in [-0.39, 0.29) is 11.9 Å². The number of pyridine rings is 1. The second-order valence-corrected chi connectivity index (χ2v) is 6.23. The summed E-state index contributed by atoms with van der Waals surface area (Å²) < 4.78 is 0. The molecule has 0 aliphatic rings. The van der Waals surface area contributed by atoms with E-state index in [1.165, 1.54) is 11.8 Å². The quantitative estimate of drug-likeness (QED) is 0.771. The zero-order valence-corrected chi connectivity index (χ0v) is 13.6. The lowest BCUT2D eigenvalue weighted by molar-refractivity contribution is -0.116. The molecule has 1 aromatic heterocycles. The molecular weight excluding hydrogens is 304 g/mol. The minimum absolute atomic E-state index is 0.0675. The fraction of sp³-hybridized carbons (Fsp3) is 0.250. The van der Waals surface area contributed by atoms with Gasteiger partial charge in [-0.3, -0.25) is 4.79 Å². The van der Waals surface area contributed by atoms with Crippen LogP contribution in [0.4, 0.5) is 5.69 Å². The van der Waals surface area contributed by atoms with Crippen LogP contribution in [0, 0.1) is 0 Å². The predicted octanol–water partition coefficient (Wildman–Crippen LogP) is 4.27. The first-order valence-corrected chi connectivity index (χ1v) is 8.05. The van der Waals surface area contributed by atoms with Gasteiger partial charge in [-0.2, -0.15) is 0 Å². The molecule has 110 valence electrons. The number of halogens is 1. The number of para-hydroxylation sites is 1. The third kappa shape index (κ3) is 4.48. The Labute approximate surface area is 134 Å². The monoisotopic (exact) mass is 320 g/mol. The number of carbonyl (C=O) groups is 1. The van der Waals surface area contributed by atoms with E-state index in [0.29, 0.717) is 10.8 Å². The van der Waals surface area contributed by atoms with E-state index in [2.05, 4.69) is 4.98 Å². The molecule has 2 aromatic rings. The van der Waals surface area contributed by atoms with Crippen LogP contribution in [0.3, 0.4) is 0 Å². The van der Waals surface area contributed by atoms with Crippen LogP contribution in [-0.2, 0) is 4.79 Å². The van der Waals surface area contributed by atoms with Crippen molar-refractivity contribution in [2.45, 2.75) is 24.9 Å². The largest absolute Gasteiger partial charge is 0.309 e. The van der Waals surface area contributed by atoms with Crippen molar-refractivity contribution in [3.8, 4) is 0 Å². The van der Waals surface area contributed by atoms with Gasteiger partial charge in [0, 0.05) is 17.9 Å². The van der Waals surface area contributed by atoms with E-state index >= 15 is 0 Å². The van der Waals surface area contributed by atoms with Crippen LogP contribution in [0.5, 0.6) is 0 Å². The minimum atomic E-state index is 0.0675. The highest BCUT2D eigenvalue weighted by Crippen LogP contribution is 2.21. The van der Waals surface area contributed by atoms with Gasteiger partial charge in [0.05, 0.1) is 15.8 Å². The number of nitrogens with zero attached hydrogens (tertiary/aromatic N) is 2. The topological polar surface area (TPSA) is 33.2 Å². The van der Waals surface area contributed by atoms with Crippen LogP contribution < -0.4 is 4.90 Å². The van der Waals surface area contributed by atoms with Crippen LogP contribution in [0.15, 0.2) is 53.7 Å². The first-order chi connectivity index (χ1) is 10.1. The number of hydrogen-bond acceptors (Lipinski definition) is 3. The van der Waals surface area contributed by atoms with Crippen LogP contribution in [-0.4, -0.2) is 22.7 Å². The molecule has 0 bridgehead atoms. The van der Waals surface area contributed by atoms with E-state index in [0.717, 1.165) is 10.7 Å². The second kappa shape index (κ2) is 7.48. The Bertz CT molecular complexity index is 587. The molecule has 1 heterocycles. The zero-order chi connectivity index (χ0) is 15.2. The molecule has 0 saturated heterocycles. The SMILES string of the molecule is CC(C)N(C(=O)CSc1ccc(Cl)cn1)c1ccccc1. The lowest BCUT2D eigenvalue weighted by Crippen LogP contribution is -2.38. The number of benzene rings is 1. The highest BCUT2D eigenvalue weighted by Gasteiger charge is 2.18. The van der Waals surface area contributed by atoms with Gasteiger partial charge >= 0.3 is 0 Å². The Morgan fingerprint density at radius 1 is 1.24 bits per heavy atom. The molecule has 0 spiro atoms. The first kappa shape index (κ1) is 15.9. The Kier molecular flexibility index (Phi) is 5.65. The summed E-state index contributed by atoms with van der Waals surface area (Å²) in [6, 6.07) is 13.4.